The van der Waals surface area contributed by atoms with Gasteiger partial charge in [-0.15, -0.1) is 0 Å². The summed E-state index contributed by atoms with van der Waals surface area (Å²) in [5.74, 6) is 0.210. The van der Waals surface area contributed by atoms with Gasteiger partial charge in [0, 0.05) is 12.6 Å². The summed E-state index contributed by atoms with van der Waals surface area (Å²) < 4.78 is 19.5. The zero-order valence-electron chi connectivity index (χ0n) is 10.6. The van der Waals surface area contributed by atoms with E-state index in [0.717, 1.165) is 16.6 Å². The van der Waals surface area contributed by atoms with Crippen molar-refractivity contribution in [1.82, 2.24) is 5.32 Å². The van der Waals surface area contributed by atoms with Crippen LogP contribution in [0.25, 0.3) is 0 Å². The molecule has 1 N–H and O–H groups in total. The van der Waals surface area contributed by atoms with E-state index in [9.17, 15) is 4.39 Å². The third kappa shape index (κ3) is 4.04. The van der Waals surface area contributed by atoms with Crippen molar-refractivity contribution in [3.8, 4) is 5.75 Å². The fourth-order valence-corrected chi connectivity index (χ4v) is 2.07. The van der Waals surface area contributed by atoms with Gasteiger partial charge in [0.05, 0.1) is 4.47 Å². The van der Waals surface area contributed by atoms with Crippen LogP contribution in [0.15, 0.2) is 46.9 Å². The number of hydrogen-bond acceptors (Lipinski definition) is 2. The van der Waals surface area contributed by atoms with Crippen LogP contribution in [0.3, 0.4) is 0 Å². The normalized spacial score (nSPS) is 10.5. The van der Waals surface area contributed by atoms with Crippen LogP contribution in [0.1, 0.15) is 11.1 Å². The number of rotatable bonds is 5. The highest BCUT2D eigenvalue weighted by Gasteiger charge is 2.03. The first kappa shape index (κ1) is 14.0. The summed E-state index contributed by atoms with van der Waals surface area (Å²) in [7, 11) is 1.92. The largest absolute Gasteiger partial charge is 0.488 e. The van der Waals surface area contributed by atoms with Gasteiger partial charge in [0.1, 0.15) is 18.2 Å². The third-order valence-electron chi connectivity index (χ3n) is 2.69. The average molecular weight is 324 g/mol. The van der Waals surface area contributed by atoms with E-state index in [1.54, 1.807) is 6.07 Å². The molecular formula is C15H15BrFNO. The van der Waals surface area contributed by atoms with Gasteiger partial charge in [-0.2, -0.15) is 0 Å². The maximum atomic E-state index is 13.1. The molecule has 0 heterocycles. The fourth-order valence-electron chi connectivity index (χ4n) is 1.71. The van der Waals surface area contributed by atoms with Crippen LogP contribution in [-0.4, -0.2) is 7.05 Å². The van der Waals surface area contributed by atoms with Crippen molar-refractivity contribution >= 4 is 15.9 Å². The summed E-state index contributed by atoms with van der Waals surface area (Å²) in [6, 6.07) is 12.5. The van der Waals surface area contributed by atoms with Crippen molar-refractivity contribution in [2.75, 3.05) is 7.05 Å². The van der Waals surface area contributed by atoms with Crippen molar-refractivity contribution in [3.63, 3.8) is 0 Å². The zero-order chi connectivity index (χ0) is 13.7. The molecule has 0 aliphatic rings. The molecule has 19 heavy (non-hydrogen) atoms. The van der Waals surface area contributed by atoms with E-state index in [0.29, 0.717) is 12.4 Å². The van der Waals surface area contributed by atoms with E-state index in [1.165, 1.54) is 17.7 Å². The topological polar surface area (TPSA) is 21.3 Å². The van der Waals surface area contributed by atoms with E-state index in [-0.39, 0.29) is 5.82 Å². The minimum Gasteiger partial charge on any atom is -0.488 e. The van der Waals surface area contributed by atoms with E-state index < -0.39 is 0 Å². The predicted molar refractivity (Wildman–Crippen MR) is 77.6 cm³/mol. The molecule has 0 fully saturated rings. The molecule has 2 aromatic rings. The Balaban J connectivity index is 2.00. The van der Waals surface area contributed by atoms with Crippen LogP contribution in [0.4, 0.5) is 4.39 Å². The van der Waals surface area contributed by atoms with Crippen molar-refractivity contribution in [2.45, 2.75) is 13.2 Å². The van der Waals surface area contributed by atoms with Gasteiger partial charge >= 0.3 is 0 Å². The Bertz CT molecular complexity index is 542. The summed E-state index contributed by atoms with van der Waals surface area (Å²) in [5.41, 5.74) is 2.27. The number of ether oxygens (including phenoxy) is 1. The first-order valence-corrected chi connectivity index (χ1v) is 6.78. The number of nitrogens with one attached hydrogen (secondary N) is 1. The van der Waals surface area contributed by atoms with Crippen LogP contribution in [0.2, 0.25) is 0 Å². The van der Waals surface area contributed by atoms with E-state index in [4.69, 9.17) is 4.74 Å². The lowest BCUT2D eigenvalue weighted by molar-refractivity contribution is 0.302. The van der Waals surface area contributed by atoms with Gasteiger partial charge in [0.15, 0.2) is 0 Å². The molecule has 0 bridgehead atoms. The summed E-state index contributed by atoms with van der Waals surface area (Å²) in [4.78, 5) is 0. The first-order chi connectivity index (χ1) is 9.19. The van der Waals surface area contributed by atoms with E-state index in [1.807, 2.05) is 19.2 Å². The minimum absolute atomic E-state index is 0.303. The first-order valence-electron chi connectivity index (χ1n) is 5.99. The summed E-state index contributed by atoms with van der Waals surface area (Å²) >= 11 is 3.34. The van der Waals surface area contributed by atoms with Gasteiger partial charge in [-0.1, -0.05) is 24.3 Å². The molecular weight excluding hydrogens is 309 g/mol. The van der Waals surface area contributed by atoms with Gasteiger partial charge in [-0.3, -0.25) is 0 Å². The molecule has 0 aromatic heterocycles. The van der Waals surface area contributed by atoms with Gasteiger partial charge in [-0.25, -0.2) is 4.39 Å². The molecule has 0 atom stereocenters. The SMILES string of the molecule is CNCc1ccc(COc2cc(F)ccc2Br)cc1. The maximum Gasteiger partial charge on any atom is 0.136 e. The van der Waals surface area contributed by atoms with Crippen LogP contribution in [0, 0.1) is 5.82 Å². The molecule has 4 heteroatoms. The lowest BCUT2D eigenvalue weighted by Crippen LogP contribution is -2.05. The van der Waals surface area contributed by atoms with Gasteiger partial charge in [0.2, 0.25) is 0 Å². The molecule has 2 nitrogen and oxygen atoms in total. The molecule has 0 amide bonds. The second-order valence-electron chi connectivity index (χ2n) is 4.21. The quantitative estimate of drug-likeness (QED) is 0.901. The lowest BCUT2D eigenvalue weighted by atomic mass is 10.1. The molecule has 0 unspecified atom stereocenters. The minimum atomic E-state index is -0.303. The van der Waals surface area contributed by atoms with Crippen LogP contribution >= 0.6 is 15.9 Å². The van der Waals surface area contributed by atoms with E-state index >= 15 is 0 Å². The highest BCUT2D eigenvalue weighted by Crippen LogP contribution is 2.26. The Morgan fingerprint density at radius 2 is 1.79 bits per heavy atom. The molecule has 0 aliphatic heterocycles. The molecule has 0 radical (unpaired) electrons. The van der Waals surface area contributed by atoms with Gasteiger partial charge in [-0.05, 0) is 46.2 Å². The molecule has 2 rings (SSSR count). The van der Waals surface area contributed by atoms with Crippen molar-refractivity contribution in [2.24, 2.45) is 0 Å². The Labute approximate surface area is 120 Å². The fraction of sp³-hybridized carbons (Fsp3) is 0.200. The highest BCUT2D eigenvalue weighted by atomic mass is 79.9. The highest BCUT2D eigenvalue weighted by molar-refractivity contribution is 9.10. The number of halogens is 2. The summed E-state index contributed by atoms with van der Waals surface area (Å²) in [6.07, 6.45) is 0. The monoisotopic (exact) mass is 323 g/mol. The predicted octanol–water partition coefficient (Wildman–Crippen LogP) is 3.89. The van der Waals surface area contributed by atoms with Crippen molar-refractivity contribution in [3.05, 3.63) is 63.9 Å². The third-order valence-corrected chi connectivity index (χ3v) is 3.35. The second-order valence-corrected chi connectivity index (χ2v) is 5.06. The Morgan fingerprint density at radius 1 is 1.11 bits per heavy atom. The molecule has 0 spiro atoms. The Kier molecular flexibility index (Phi) is 4.93. The number of hydrogen-bond donors (Lipinski definition) is 1. The molecule has 2 aromatic carbocycles. The van der Waals surface area contributed by atoms with Crippen molar-refractivity contribution < 1.29 is 9.13 Å². The Morgan fingerprint density at radius 3 is 2.47 bits per heavy atom. The van der Waals surface area contributed by atoms with Crippen LogP contribution in [-0.2, 0) is 13.2 Å². The summed E-state index contributed by atoms with van der Waals surface area (Å²) in [5, 5.41) is 3.10. The average Bonchev–Trinajstić information content (AvgIpc) is 2.42. The zero-order valence-corrected chi connectivity index (χ0v) is 12.2. The second kappa shape index (κ2) is 6.68. The number of benzene rings is 2. The Hall–Kier alpha value is -1.39. The maximum absolute atomic E-state index is 13.1. The smallest absolute Gasteiger partial charge is 0.136 e. The van der Waals surface area contributed by atoms with Gasteiger partial charge in [0.25, 0.3) is 0 Å². The van der Waals surface area contributed by atoms with Gasteiger partial charge < -0.3 is 10.1 Å². The molecule has 100 valence electrons. The van der Waals surface area contributed by atoms with E-state index in [2.05, 4.69) is 33.4 Å². The molecule has 0 aliphatic carbocycles. The summed E-state index contributed by atoms with van der Waals surface area (Å²) in [6.45, 7) is 1.26. The lowest BCUT2D eigenvalue weighted by Gasteiger charge is -2.09. The van der Waals surface area contributed by atoms with Crippen molar-refractivity contribution in [1.29, 1.82) is 0 Å². The molecule has 0 saturated carbocycles. The standard InChI is InChI=1S/C15H15BrFNO/c1-18-9-11-2-4-12(5-3-11)10-19-15-8-13(17)6-7-14(15)16/h2-8,18H,9-10H2,1H3. The van der Waals surface area contributed by atoms with Crippen LogP contribution in [0.5, 0.6) is 5.75 Å². The van der Waals surface area contributed by atoms with Crippen LogP contribution < -0.4 is 10.1 Å². The molecule has 0 saturated heterocycles.